The molecule has 0 saturated carbocycles. The van der Waals surface area contributed by atoms with Crippen molar-refractivity contribution in [3.05, 3.63) is 70.9 Å². The fraction of sp³-hybridized carbons (Fsp3) is 0.280. The van der Waals surface area contributed by atoms with Crippen molar-refractivity contribution in [2.75, 3.05) is 38.1 Å². The number of hydrogen-bond acceptors (Lipinski definition) is 6. The number of thiophene rings is 1. The fourth-order valence-electron chi connectivity index (χ4n) is 4.05. The first-order valence-corrected chi connectivity index (χ1v) is 14.1. The molecule has 1 saturated heterocycles. The average molecular weight is 548 g/mol. The Kier molecular flexibility index (Phi) is 8.04. The quantitative estimate of drug-likeness (QED) is 0.353. The largest absolute Gasteiger partial charge is 0.462 e. The van der Waals surface area contributed by atoms with Crippen molar-refractivity contribution < 1.29 is 22.3 Å². The standard InChI is InChI=1S/C25H26FN3O4S3/c1-3-33-24(30)22-21(18-7-5-4-6-8-18)17(2)35-23(22)27-25(34)28-13-15-29(16-14-28)36(31,32)20-11-9-19(26)10-12-20/h4-12H,3,13-16H2,1-2H3,(H,27,34). The lowest BCUT2D eigenvalue weighted by Crippen LogP contribution is -2.51. The molecule has 190 valence electrons. The van der Waals surface area contributed by atoms with Crippen molar-refractivity contribution in [3.8, 4) is 11.1 Å². The Morgan fingerprint density at radius 3 is 2.33 bits per heavy atom. The van der Waals surface area contributed by atoms with E-state index in [4.69, 9.17) is 17.0 Å². The Hall–Kier alpha value is -2.86. The molecule has 0 amide bonds. The second-order valence-corrected chi connectivity index (χ2v) is 11.6. The number of nitrogens with zero attached hydrogens (tertiary/aromatic N) is 2. The van der Waals surface area contributed by atoms with E-state index in [2.05, 4.69) is 5.32 Å². The number of benzene rings is 2. The number of anilines is 1. The molecule has 0 atom stereocenters. The van der Waals surface area contributed by atoms with Crippen LogP contribution < -0.4 is 5.32 Å². The molecule has 2 heterocycles. The van der Waals surface area contributed by atoms with Crippen LogP contribution in [0.2, 0.25) is 0 Å². The molecule has 2 aromatic carbocycles. The van der Waals surface area contributed by atoms with Gasteiger partial charge in [0.15, 0.2) is 5.11 Å². The summed E-state index contributed by atoms with van der Waals surface area (Å²) in [7, 11) is -3.73. The number of halogens is 1. The van der Waals surface area contributed by atoms with Gasteiger partial charge >= 0.3 is 5.97 Å². The zero-order valence-electron chi connectivity index (χ0n) is 19.9. The number of esters is 1. The summed E-state index contributed by atoms with van der Waals surface area (Å²) in [5.41, 5.74) is 2.15. The third-order valence-electron chi connectivity index (χ3n) is 5.82. The van der Waals surface area contributed by atoms with E-state index in [1.54, 1.807) is 6.92 Å². The van der Waals surface area contributed by atoms with Crippen LogP contribution in [-0.2, 0) is 14.8 Å². The van der Waals surface area contributed by atoms with Gasteiger partial charge in [0.1, 0.15) is 16.4 Å². The van der Waals surface area contributed by atoms with Crippen LogP contribution in [0.5, 0.6) is 0 Å². The number of ether oxygens (including phenoxy) is 1. The van der Waals surface area contributed by atoms with Crippen LogP contribution in [-0.4, -0.2) is 61.5 Å². The highest BCUT2D eigenvalue weighted by atomic mass is 32.2. The number of aryl methyl sites for hydroxylation is 1. The van der Waals surface area contributed by atoms with Crippen LogP contribution in [0.1, 0.15) is 22.2 Å². The van der Waals surface area contributed by atoms with Gasteiger partial charge in [0.2, 0.25) is 10.0 Å². The summed E-state index contributed by atoms with van der Waals surface area (Å²) in [6.07, 6.45) is 0. The molecule has 36 heavy (non-hydrogen) atoms. The van der Waals surface area contributed by atoms with E-state index in [1.165, 1.54) is 27.8 Å². The van der Waals surface area contributed by atoms with Crippen LogP contribution in [0.3, 0.4) is 0 Å². The lowest BCUT2D eigenvalue weighted by Gasteiger charge is -2.35. The maximum absolute atomic E-state index is 13.2. The van der Waals surface area contributed by atoms with Crippen LogP contribution in [0, 0.1) is 12.7 Å². The van der Waals surface area contributed by atoms with Gasteiger partial charge in [0, 0.05) is 36.6 Å². The first-order chi connectivity index (χ1) is 17.2. The van der Waals surface area contributed by atoms with Crippen molar-refractivity contribution in [3.63, 3.8) is 0 Å². The molecule has 0 aliphatic carbocycles. The molecular formula is C25H26FN3O4S3. The summed E-state index contributed by atoms with van der Waals surface area (Å²) in [5, 5.41) is 4.20. The molecule has 3 aromatic rings. The summed E-state index contributed by atoms with van der Waals surface area (Å²) in [6.45, 7) is 5.15. The molecule has 1 aromatic heterocycles. The Morgan fingerprint density at radius 2 is 1.72 bits per heavy atom. The maximum Gasteiger partial charge on any atom is 0.341 e. The summed E-state index contributed by atoms with van der Waals surface area (Å²) in [6, 6.07) is 14.4. The Morgan fingerprint density at radius 1 is 1.08 bits per heavy atom. The van der Waals surface area contributed by atoms with E-state index in [9.17, 15) is 17.6 Å². The molecule has 1 N–H and O–H groups in total. The molecule has 11 heteroatoms. The molecular weight excluding hydrogens is 521 g/mol. The van der Waals surface area contributed by atoms with Crippen LogP contribution in [0.4, 0.5) is 9.39 Å². The molecule has 0 unspecified atom stereocenters. The number of piperazine rings is 1. The topological polar surface area (TPSA) is 79.0 Å². The lowest BCUT2D eigenvalue weighted by molar-refractivity contribution is 0.0529. The molecule has 0 radical (unpaired) electrons. The normalized spacial score (nSPS) is 14.5. The first kappa shape index (κ1) is 26.2. The SMILES string of the molecule is CCOC(=O)c1c(NC(=S)N2CCN(S(=O)(=O)c3ccc(F)cc3)CC2)sc(C)c1-c1ccccc1. The molecule has 1 fully saturated rings. The van der Waals surface area contributed by atoms with Crippen molar-refractivity contribution in [2.45, 2.75) is 18.7 Å². The number of nitrogens with one attached hydrogen (secondary N) is 1. The number of thiocarbonyl (C=S) groups is 1. The number of hydrogen-bond donors (Lipinski definition) is 1. The Labute approximate surface area is 219 Å². The van der Waals surface area contributed by atoms with E-state index < -0.39 is 21.8 Å². The Bertz CT molecular complexity index is 1350. The van der Waals surface area contributed by atoms with E-state index in [0.29, 0.717) is 28.8 Å². The monoisotopic (exact) mass is 547 g/mol. The zero-order valence-corrected chi connectivity index (χ0v) is 22.3. The van der Waals surface area contributed by atoms with E-state index in [0.717, 1.165) is 28.1 Å². The molecule has 4 rings (SSSR count). The zero-order chi connectivity index (χ0) is 25.9. The maximum atomic E-state index is 13.2. The van der Waals surface area contributed by atoms with Gasteiger partial charge in [-0.05, 0) is 55.9 Å². The van der Waals surface area contributed by atoms with Crippen molar-refractivity contribution >= 4 is 49.7 Å². The molecule has 7 nitrogen and oxygen atoms in total. The molecule has 1 aliphatic rings. The minimum Gasteiger partial charge on any atom is -0.462 e. The highest BCUT2D eigenvalue weighted by Crippen LogP contribution is 2.40. The minimum atomic E-state index is -3.73. The summed E-state index contributed by atoms with van der Waals surface area (Å²) in [4.78, 5) is 15.8. The highest BCUT2D eigenvalue weighted by Gasteiger charge is 2.30. The fourth-order valence-corrected chi connectivity index (χ4v) is 6.88. The van der Waals surface area contributed by atoms with E-state index >= 15 is 0 Å². The second-order valence-electron chi connectivity index (χ2n) is 8.10. The van der Waals surface area contributed by atoms with Gasteiger partial charge < -0.3 is 15.0 Å². The van der Waals surface area contributed by atoms with Gasteiger partial charge in [0.25, 0.3) is 0 Å². The molecule has 0 bridgehead atoms. The first-order valence-electron chi connectivity index (χ1n) is 11.4. The highest BCUT2D eigenvalue weighted by molar-refractivity contribution is 7.89. The predicted molar refractivity (Wildman–Crippen MR) is 143 cm³/mol. The van der Waals surface area contributed by atoms with Gasteiger partial charge in [-0.25, -0.2) is 17.6 Å². The van der Waals surface area contributed by atoms with E-state index in [-0.39, 0.29) is 24.6 Å². The summed E-state index contributed by atoms with van der Waals surface area (Å²) >= 11 is 7.06. The summed E-state index contributed by atoms with van der Waals surface area (Å²) in [5.74, 6) is -0.919. The van der Waals surface area contributed by atoms with Gasteiger partial charge in [-0.2, -0.15) is 4.31 Å². The predicted octanol–water partition coefficient (Wildman–Crippen LogP) is 4.74. The van der Waals surface area contributed by atoms with Crippen LogP contribution in [0.25, 0.3) is 11.1 Å². The Balaban J connectivity index is 1.50. The smallest absolute Gasteiger partial charge is 0.341 e. The number of carbonyl (C=O) groups is 1. The van der Waals surface area contributed by atoms with Gasteiger partial charge in [-0.1, -0.05) is 30.3 Å². The van der Waals surface area contributed by atoms with Crippen molar-refractivity contribution in [2.24, 2.45) is 0 Å². The third-order valence-corrected chi connectivity index (χ3v) is 9.12. The number of rotatable bonds is 6. The lowest BCUT2D eigenvalue weighted by atomic mass is 10.0. The number of carbonyl (C=O) groups excluding carboxylic acids is 1. The van der Waals surface area contributed by atoms with E-state index in [1.807, 2.05) is 42.2 Å². The third kappa shape index (κ3) is 5.44. The molecule has 1 aliphatic heterocycles. The van der Waals surface area contributed by atoms with Crippen molar-refractivity contribution in [1.29, 1.82) is 0 Å². The van der Waals surface area contributed by atoms with Gasteiger partial charge in [-0.15, -0.1) is 11.3 Å². The number of sulfonamides is 1. The summed E-state index contributed by atoms with van der Waals surface area (Å²) < 4.78 is 45.7. The molecule has 0 spiro atoms. The van der Waals surface area contributed by atoms with Crippen LogP contribution >= 0.6 is 23.6 Å². The minimum absolute atomic E-state index is 0.0552. The van der Waals surface area contributed by atoms with Gasteiger partial charge in [0.05, 0.1) is 11.5 Å². The van der Waals surface area contributed by atoms with Crippen LogP contribution in [0.15, 0.2) is 59.5 Å². The van der Waals surface area contributed by atoms with Gasteiger partial charge in [-0.3, -0.25) is 0 Å². The average Bonchev–Trinajstić information content (AvgIpc) is 3.20. The van der Waals surface area contributed by atoms with Crippen molar-refractivity contribution in [1.82, 2.24) is 9.21 Å². The second kappa shape index (κ2) is 11.0.